The van der Waals surface area contributed by atoms with Gasteiger partial charge in [0.15, 0.2) is 4.80 Å². The molecule has 0 spiro atoms. The van der Waals surface area contributed by atoms with E-state index in [-0.39, 0.29) is 12.2 Å². The number of nitrogens with zero attached hydrogens (tertiary/aromatic N) is 2. The Bertz CT molecular complexity index is 1420. The van der Waals surface area contributed by atoms with Gasteiger partial charge in [0.25, 0.3) is 5.56 Å². The van der Waals surface area contributed by atoms with Gasteiger partial charge in [0.1, 0.15) is 12.4 Å². The number of methoxy groups -OCH3 is 1. The zero-order chi connectivity index (χ0) is 23.5. The van der Waals surface area contributed by atoms with Crippen molar-refractivity contribution in [2.24, 2.45) is 4.99 Å². The number of esters is 1. The Morgan fingerprint density at radius 2 is 1.91 bits per heavy atom. The summed E-state index contributed by atoms with van der Waals surface area (Å²) in [6.07, 6.45) is 3.33. The van der Waals surface area contributed by atoms with E-state index in [0.717, 1.165) is 15.6 Å². The Hall–Kier alpha value is -3.23. The molecule has 168 valence electrons. The summed E-state index contributed by atoms with van der Waals surface area (Å²) in [6.45, 7) is 5.43. The number of thiazole rings is 1. The van der Waals surface area contributed by atoms with E-state index in [1.54, 1.807) is 30.7 Å². The number of benzene rings is 2. The quantitative estimate of drug-likeness (QED) is 0.363. The maximum absolute atomic E-state index is 13.5. The standard InChI is InChI=1S/C25H21BrN2O4S/c1-4-13-32-24(30)21-15(2)27-25-28(22(21)17-7-11-19(31-3)12-8-17)23(29)20(33-25)14-16-5-9-18(26)10-6-16/h4-12,14,22H,1,13H2,2-3H3. The van der Waals surface area contributed by atoms with E-state index in [0.29, 0.717) is 26.4 Å². The number of hydrogen-bond acceptors (Lipinski definition) is 6. The van der Waals surface area contributed by atoms with Crippen molar-refractivity contribution in [3.05, 3.63) is 108 Å². The molecule has 1 aliphatic heterocycles. The summed E-state index contributed by atoms with van der Waals surface area (Å²) in [5, 5.41) is 0. The van der Waals surface area contributed by atoms with Crippen LogP contribution in [0.1, 0.15) is 24.1 Å². The van der Waals surface area contributed by atoms with E-state index in [2.05, 4.69) is 27.5 Å². The SMILES string of the molecule is C=CCOC(=O)C1=C(C)N=c2sc(=Cc3ccc(Br)cc3)c(=O)n2C1c1ccc(OC)cc1. The molecule has 6 nitrogen and oxygen atoms in total. The molecule has 0 bridgehead atoms. The van der Waals surface area contributed by atoms with Crippen molar-refractivity contribution < 1.29 is 14.3 Å². The van der Waals surface area contributed by atoms with Gasteiger partial charge in [0.2, 0.25) is 0 Å². The molecule has 1 unspecified atom stereocenters. The maximum atomic E-state index is 13.5. The van der Waals surface area contributed by atoms with Gasteiger partial charge in [-0.2, -0.15) is 0 Å². The minimum absolute atomic E-state index is 0.0684. The summed E-state index contributed by atoms with van der Waals surface area (Å²) in [5.74, 6) is 0.150. The summed E-state index contributed by atoms with van der Waals surface area (Å²) >= 11 is 4.72. The molecule has 1 aliphatic rings. The fraction of sp³-hybridized carbons (Fsp3) is 0.160. The summed E-state index contributed by atoms with van der Waals surface area (Å²) in [6, 6.07) is 14.3. The third-order valence-electron chi connectivity index (χ3n) is 5.17. The average Bonchev–Trinajstić information content (AvgIpc) is 3.12. The molecule has 0 amide bonds. The van der Waals surface area contributed by atoms with Gasteiger partial charge in [-0.1, -0.05) is 64.2 Å². The zero-order valence-electron chi connectivity index (χ0n) is 18.1. The molecule has 2 heterocycles. The van der Waals surface area contributed by atoms with Gasteiger partial charge in [0, 0.05) is 4.47 Å². The van der Waals surface area contributed by atoms with Gasteiger partial charge < -0.3 is 9.47 Å². The molecular weight excluding hydrogens is 504 g/mol. The zero-order valence-corrected chi connectivity index (χ0v) is 20.5. The minimum atomic E-state index is -0.670. The van der Waals surface area contributed by atoms with Gasteiger partial charge in [-0.15, -0.1) is 0 Å². The molecule has 0 aliphatic carbocycles. The highest BCUT2D eigenvalue weighted by Crippen LogP contribution is 2.31. The number of hydrogen-bond donors (Lipinski definition) is 0. The van der Waals surface area contributed by atoms with E-state index < -0.39 is 12.0 Å². The van der Waals surface area contributed by atoms with Crippen molar-refractivity contribution in [2.75, 3.05) is 13.7 Å². The highest BCUT2D eigenvalue weighted by Gasteiger charge is 2.33. The van der Waals surface area contributed by atoms with Crippen molar-refractivity contribution >= 4 is 39.3 Å². The van der Waals surface area contributed by atoms with Crippen LogP contribution in [0.15, 0.2) is 86.7 Å². The number of fused-ring (bicyclic) bond motifs is 1. The van der Waals surface area contributed by atoms with E-state index in [4.69, 9.17) is 9.47 Å². The largest absolute Gasteiger partial charge is 0.497 e. The van der Waals surface area contributed by atoms with Gasteiger partial charge in [-0.05, 0) is 48.4 Å². The molecule has 4 rings (SSSR count). The minimum Gasteiger partial charge on any atom is -0.497 e. The third kappa shape index (κ3) is 4.62. The molecule has 1 atom stereocenters. The highest BCUT2D eigenvalue weighted by molar-refractivity contribution is 9.10. The van der Waals surface area contributed by atoms with E-state index >= 15 is 0 Å². The normalized spacial score (nSPS) is 15.6. The van der Waals surface area contributed by atoms with Gasteiger partial charge in [0.05, 0.1) is 29.0 Å². The van der Waals surface area contributed by atoms with E-state index in [1.807, 2.05) is 42.5 Å². The molecule has 0 fully saturated rings. The van der Waals surface area contributed by atoms with Crippen molar-refractivity contribution in [3.63, 3.8) is 0 Å². The summed E-state index contributed by atoms with van der Waals surface area (Å²) in [7, 11) is 1.59. The molecule has 33 heavy (non-hydrogen) atoms. The summed E-state index contributed by atoms with van der Waals surface area (Å²) in [5.41, 5.74) is 2.27. The summed E-state index contributed by atoms with van der Waals surface area (Å²) < 4.78 is 13.7. The number of allylic oxidation sites excluding steroid dienone is 1. The topological polar surface area (TPSA) is 69.9 Å². The van der Waals surface area contributed by atoms with Gasteiger partial charge in [-0.3, -0.25) is 9.36 Å². The molecule has 0 saturated heterocycles. The second-order valence-electron chi connectivity index (χ2n) is 7.29. The predicted octanol–water partition coefficient (Wildman–Crippen LogP) is 3.74. The Morgan fingerprint density at radius 1 is 1.21 bits per heavy atom. The lowest BCUT2D eigenvalue weighted by Gasteiger charge is -2.24. The number of carbonyl (C=O) groups is 1. The molecule has 0 N–H and O–H groups in total. The predicted molar refractivity (Wildman–Crippen MR) is 132 cm³/mol. The van der Waals surface area contributed by atoms with Crippen molar-refractivity contribution in [1.29, 1.82) is 0 Å². The van der Waals surface area contributed by atoms with Crippen LogP contribution < -0.4 is 19.6 Å². The second-order valence-corrected chi connectivity index (χ2v) is 9.22. The fourth-order valence-electron chi connectivity index (χ4n) is 3.61. The Labute approximate surface area is 203 Å². The lowest BCUT2D eigenvalue weighted by Crippen LogP contribution is -2.39. The van der Waals surface area contributed by atoms with E-state index in [1.165, 1.54) is 17.4 Å². The van der Waals surface area contributed by atoms with Crippen LogP contribution in [0.4, 0.5) is 0 Å². The first kappa shape index (κ1) is 22.9. The van der Waals surface area contributed by atoms with Crippen LogP contribution in [-0.2, 0) is 9.53 Å². The van der Waals surface area contributed by atoms with Gasteiger partial charge >= 0.3 is 5.97 Å². The van der Waals surface area contributed by atoms with Crippen LogP contribution >= 0.6 is 27.3 Å². The molecule has 0 radical (unpaired) electrons. The lowest BCUT2D eigenvalue weighted by atomic mass is 9.96. The Morgan fingerprint density at radius 3 is 2.55 bits per heavy atom. The number of carbonyl (C=O) groups excluding carboxylic acids is 1. The highest BCUT2D eigenvalue weighted by atomic mass is 79.9. The first-order chi connectivity index (χ1) is 15.9. The van der Waals surface area contributed by atoms with Crippen LogP contribution in [0, 0.1) is 0 Å². The monoisotopic (exact) mass is 524 g/mol. The molecule has 0 saturated carbocycles. The molecule has 8 heteroatoms. The van der Waals surface area contributed by atoms with Crippen LogP contribution in [0.3, 0.4) is 0 Å². The lowest BCUT2D eigenvalue weighted by molar-refractivity contribution is -0.138. The first-order valence-corrected chi connectivity index (χ1v) is 11.7. The van der Waals surface area contributed by atoms with Crippen molar-refractivity contribution in [2.45, 2.75) is 13.0 Å². The fourth-order valence-corrected chi connectivity index (χ4v) is 4.92. The summed E-state index contributed by atoms with van der Waals surface area (Å²) in [4.78, 5) is 31.6. The second kappa shape index (κ2) is 9.72. The smallest absolute Gasteiger partial charge is 0.338 e. The van der Waals surface area contributed by atoms with E-state index in [9.17, 15) is 9.59 Å². The number of rotatable bonds is 6. The number of aromatic nitrogens is 1. The number of halogens is 1. The molecule has 1 aromatic heterocycles. The maximum Gasteiger partial charge on any atom is 0.338 e. The average molecular weight is 525 g/mol. The molecular formula is C25H21BrN2O4S. The van der Waals surface area contributed by atoms with Crippen LogP contribution in [0.5, 0.6) is 5.75 Å². The molecule has 2 aromatic carbocycles. The number of ether oxygens (including phenoxy) is 2. The Balaban J connectivity index is 1.91. The first-order valence-electron chi connectivity index (χ1n) is 10.1. The Kier molecular flexibility index (Phi) is 6.76. The van der Waals surface area contributed by atoms with Gasteiger partial charge in [-0.25, -0.2) is 9.79 Å². The van der Waals surface area contributed by atoms with Crippen molar-refractivity contribution in [3.8, 4) is 5.75 Å². The van der Waals surface area contributed by atoms with Crippen LogP contribution in [-0.4, -0.2) is 24.3 Å². The van der Waals surface area contributed by atoms with Crippen LogP contribution in [0.25, 0.3) is 6.08 Å². The third-order valence-corrected chi connectivity index (χ3v) is 6.68. The van der Waals surface area contributed by atoms with Crippen molar-refractivity contribution in [1.82, 2.24) is 4.57 Å². The molecule has 3 aromatic rings. The van der Waals surface area contributed by atoms with Crippen LogP contribution in [0.2, 0.25) is 0 Å².